The predicted octanol–water partition coefficient (Wildman–Crippen LogP) is 2.68. The van der Waals surface area contributed by atoms with Gasteiger partial charge >= 0.3 is 0 Å². The third-order valence-corrected chi connectivity index (χ3v) is 2.52. The summed E-state index contributed by atoms with van der Waals surface area (Å²) in [6, 6.07) is 9.68. The van der Waals surface area contributed by atoms with Gasteiger partial charge in [0, 0.05) is 24.0 Å². The summed E-state index contributed by atoms with van der Waals surface area (Å²) in [5.74, 6) is 0. The monoisotopic (exact) mass is 221 g/mol. The zero-order valence-corrected chi connectivity index (χ0v) is 8.98. The highest BCUT2D eigenvalue weighted by atomic mass is 35.5. The van der Waals surface area contributed by atoms with Gasteiger partial charge in [-0.15, -0.1) is 0 Å². The fourth-order valence-corrected chi connectivity index (χ4v) is 1.61. The molecule has 1 N–H and O–H groups in total. The SMILES string of the molecule is OCc1ccn(Cc2ccc(Cl)cc2)c1. The number of hydrogen-bond acceptors (Lipinski definition) is 1. The maximum Gasteiger partial charge on any atom is 0.0696 e. The number of benzene rings is 1. The molecule has 0 aliphatic rings. The lowest BCUT2D eigenvalue weighted by molar-refractivity contribution is 0.282. The Bertz CT molecular complexity index is 433. The van der Waals surface area contributed by atoms with Crippen LogP contribution in [0.3, 0.4) is 0 Å². The van der Waals surface area contributed by atoms with Crippen molar-refractivity contribution in [1.29, 1.82) is 0 Å². The van der Waals surface area contributed by atoms with Gasteiger partial charge in [-0.3, -0.25) is 0 Å². The maximum absolute atomic E-state index is 8.92. The third-order valence-electron chi connectivity index (χ3n) is 2.27. The van der Waals surface area contributed by atoms with Gasteiger partial charge in [-0.25, -0.2) is 0 Å². The van der Waals surface area contributed by atoms with Crippen molar-refractivity contribution >= 4 is 11.6 Å². The van der Waals surface area contributed by atoms with Gasteiger partial charge in [0.25, 0.3) is 0 Å². The normalized spacial score (nSPS) is 10.5. The van der Waals surface area contributed by atoms with Crippen LogP contribution < -0.4 is 0 Å². The molecule has 3 heteroatoms. The van der Waals surface area contributed by atoms with Crippen LogP contribution in [0.4, 0.5) is 0 Å². The van der Waals surface area contributed by atoms with Crippen molar-refractivity contribution < 1.29 is 5.11 Å². The summed E-state index contributed by atoms with van der Waals surface area (Å²) in [4.78, 5) is 0. The molecule has 0 aliphatic carbocycles. The molecule has 78 valence electrons. The van der Waals surface area contributed by atoms with Crippen molar-refractivity contribution in [3.63, 3.8) is 0 Å². The Kier molecular flexibility index (Phi) is 3.09. The summed E-state index contributed by atoms with van der Waals surface area (Å²) in [6.07, 6.45) is 3.90. The fourth-order valence-electron chi connectivity index (χ4n) is 1.48. The average Bonchev–Trinajstić information content (AvgIpc) is 2.69. The molecule has 0 bridgehead atoms. The first-order chi connectivity index (χ1) is 7.28. The minimum Gasteiger partial charge on any atom is -0.392 e. The number of hydrogen-bond donors (Lipinski definition) is 1. The van der Waals surface area contributed by atoms with E-state index < -0.39 is 0 Å². The zero-order chi connectivity index (χ0) is 10.7. The molecule has 2 aromatic rings. The van der Waals surface area contributed by atoms with E-state index in [2.05, 4.69) is 0 Å². The van der Waals surface area contributed by atoms with Crippen LogP contribution in [0, 0.1) is 0 Å². The van der Waals surface area contributed by atoms with Crippen LogP contribution in [0.2, 0.25) is 5.02 Å². The average molecular weight is 222 g/mol. The number of aliphatic hydroxyl groups is 1. The quantitative estimate of drug-likeness (QED) is 0.847. The van der Waals surface area contributed by atoms with E-state index >= 15 is 0 Å². The number of nitrogens with zero attached hydrogens (tertiary/aromatic N) is 1. The molecule has 0 saturated heterocycles. The van der Waals surface area contributed by atoms with Crippen molar-refractivity contribution in [2.45, 2.75) is 13.2 Å². The topological polar surface area (TPSA) is 25.2 Å². The molecule has 0 fully saturated rings. The first kappa shape index (κ1) is 10.3. The van der Waals surface area contributed by atoms with E-state index in [1.165, 1.54) is 5.56 Å². The number of aliphatic hydroxyl groups excluding tert-OH is 1. The van der Waals surface area contributed by atoms with Crippen LogP contribution in [0.5, 0.6) is 0 Å². The van der Waals surface area contributed by atoms with E-state index in [-0.39, 0.29) is 6.61 Å². The molecule has 0 aliphatic heterocycles. The summed E-state index contributed by atoms with van der Waals surface area (Å²) < 4.78 is 2.04. The van der Waals surface area contributed by atoms with E-state index in [1.54, 1.807) is 0 Å². The Labute approximate surface area is 93.7 Å². The van der Waals surface area contributed by atoms with Gasteiger partial charge in [0.2, 0.25) is 0 Å². The van der Waals surface area contributed by atoms with Crippen molar-refractivity contribution in [3.8, 4) is 0 Å². The van der Waals surface area contributed by atoms with Gasteiger partial charge in [0.15, 0.2) is 0 Å². The molecular formula is C12H12ClNO. The van der Waals surface area contributed by atoms with Gasteiger partial charge in [-0.2, -0.15) is 0 Å². The molecule has 0 unspecified atom stereocenters. The summed E-state index contributed by atoms with van der Waals surface area (Å²) >= 11 is 5.80. The summed E-state index contributed by atoms with van der Waals surface area (Å²) in [7, 11) is 0. The van der Waals surface area contributed by atoms with E-state index in [0.29, 0.717) is 0 Å². The van der Waals surface area contributed by atoms with Crippen molar-refractivity contribution in [2.75, 3.05) is 0 Å². The first-order valence-corrected chi connectivity index (χ1v) is 5.15. The largest absolute Gasteiger partial charge is 0.392 e. The van der Waals surface area contributed by atoms with Gasteiger partial charge in [-0.05, 0) is 29.3 Å². The smallest absolute Gasteiger partial charge is 0.0696 e. The van der Waals surface area contributed by atoms with Gasteiger partial charge < -0.3 is 9.67 Å². The molecule has 0 radical (unpaired) electrons. The second-order valence-corrected chi connectivity index (χ2v) is 3.91. The molecule has 2 rings (SSSR count). The van der Waals surface area contributed by atoms with Crippen LogP contribution in [0.15, 0.2) is 42.7 Å². The summed E-state index contributed by atoms with van der Waals surface area (Å²) in [6.45, 7) is 0.894. The van der Waals surface area contributed by atoms with E-state index in [1.807, 2.05) is 47.3 Å². The molecule has 15 heavy (non-hydrogen) atoms. The van der Waals surface area contributed by atoms with Gasteiger partial charge in [0.1, 0.15) is 0 Å². The Morgan fingerprint density at radius 2 is 1.80 bits per heavy atom. The minimum absolute atomic E-state index is 0.0909. The van der Waals surface area contributed by atoms with Crippen LogP contribution in [-0.2, 0) is 13.2 Å². The highest BCUT2D eigenvalue weighted by Crippen LogP contribution is 2.11. The summed E-state index contributed by atoms with van der Waals surface area (Å²) in [5.41, 5.74) is 2.13. The zero-order valence-electron chi connectivity index (χ0n) is 8.23. The Morgan fingerprint density at radius 3 is 2.40 bits per heavy atom. The highest BCUT2D eigenvalue weighted by Gasteiger charge is 1.97. The molecule has 0 atom stereocenters. The predicted molar refractivity (Wildman–Crippen MR) is 60.9 cm³/mol. The lowest BCUT2D eigenvalue weighted by Gasteiger charge is -2.02. The van der Waals surface area contributed by atoms with Gasteiger partial charge in [-0.1, -0.05) is 23.7 Å². The second-order valence-electron chi connectivity index (χ2n) is 3.48. The number of rotatable bonds is 3. The molecule has 0 amide bonds. The van der Waals surface area contributed by atoms with Crippen molar-refractivity contribution in [2.24, 2.45) is 0 Å². The minimum atomic E-state index is 0.0909. The molecule has 0 saturated carbocycles. The standard InChI is InChI=1S/C12H12ClNO/c13-12-3-1-10(2-4-12)7-14-6-5-11(8-14)9-15/h1-6,8,15H,7,9H2. The highest BCUT2D eigenvalue weighted by molar-refractivity contribution is 6.30. The molecule has 1 aromatic carbocycles. The van der Waals surface area contributed by atoms with Crippen molar-refractivity contribution in [1.82, 2.24) is 4.57 Å². The molecule has 1 aromatic heterocycles. The Morgan fingerprint density at radius 1 is 1.07 bits per heavy atom. The van der Waals surface area contributed by atoms with E-state index in [4.69, 9.17) is 16.7 Å². The second kappa shape index (κ2) is 4.51. The fraction of sp³-hybridized carbons (Fsp3) is 0.167. The Hall–Kier alpha value is -1.25. The maximum atomic E-state index is 8.92. The Balaban J connectivity index is 2.11. The van der Waals surface area contributed by atoms with Crippen LogP contribution in [0.1, 0.15) is 11.1 Å². The van der Waals surface area contributed by atoms with Crippen molar-refractivity contribution in [3.05, 3.63) is 58.9 Å². The van der Waals surface area contributed by atoms with Crippen LogP contribution in [-0.4, -0.2) is 9.67 Å². The molecule has 1 heterocycles. The number of aromatic nitrogens is 1. The van der Waals surface area contributed by atoms with Crippen LogP contribution >= 0.6 is 11.6 Å². The lowest BCUT2D eigenvalue weighted by Crippen LogP contribution is -1.95. The molecule has 0 spiro atoms. The number of halogens is 1. The van der Waals surface area contributed by atoms with E-state index in [9.17, 15) is 0 Å². The van der Waals surface area contributed by atoms with Crippen LogP contribution in [0.25, 0.3) is 0 Å². The molecule has 2 nitrogen and oxygen atoms in total. The third kappa shape index (κ3) is 2.61. The molecular weight excluding hydrogens is 210 g/mol. The summed E-state index contributed by atoms with van der Waals surface area (Å²) in [5, 5.41) is 9.67. The lowest BCUT2D eigenvalue weighted by atomic mass is 10.2. The van der Waals surface area contributed by atoms with E-state index in [0.717, 1.165) is 17.1 Å². The van der Waals surface area contributed by atoms with Gasteiger partial charge in [0.05, 0.1) is 6.61 Å². The first-order valence-electron chi connectivity index (χ1n) is 4.78.